The summed E-state index contributed by atoms with van der Waals surface area (Å²) in [4.78, 5) is 38.2. The molecule has 0 aliphatic heterocycles. The van der Waals surface area contributed by atoms with Crippen molar-refractivity contribution in [1.82, 2.24) is 0 Å². The fourth-order valence-electron chi connectivity index (χ4n) is 8.17. The molecule has 0 saturated carbocycles. The highest BCUT2D eigenvalue weighted by atomic mass is 16.6. The molecule has 0 radical (unpaired) electrons. The zero-order chi connectivity index (χ0) is 52.9. The molecule has 416 valence electrons. The quantitative estimate of drug-likeness (QED) is 0.0261. The maximum Gasteiger partial charge on any atom is 0.306 e. The van der Waals surface area contributed by atoms with Gasteiger partial charge >= 0.3 is 17.9 Å². The molecule has 0 heterocycles. The van der Waals surface area contributed by atoms with Gasteiger partial charge in [0.05, 0.1) is 0 Å². The predicted molar refractivity (Wildman–Crippen MR) is 316 cm³/mol. The predicted octanol–water partition coefficient (Wildman–Crippen LogP) is 20.7. The molecule has 0 aromatic heterocycles. The van der Waals surface area contributed by atoms with Crippen LogP contribution in [0.5, 0.6) is 0 Å². The van der Waals surface area contributed by atoms with Crippen LogP contribution in [-0.4, -0.2) is 37.2 Å². The third kappa shape index (κ3) is 58.8. The minimum absolute atomic E-state index is 0.117. The monoisotopic (exact) mass is 1010 g/mol. The molecule has 0 aromatic carbocycles. The second-order valence-corrected chi connectivity index (χ2v) is 19.9. The van der Waals surface area contributed by atoms with Crippen molar-refractivity contribution in [3.05, 3.63) is 109 Å². The van der Waals surface area contributed by atoms with Crippen molar-refractivity contribution in [2.75, 3.05) is 13.2 Å². The molecule has 6 heteroatoms. The van der Waals surface area contributed by atoms with E-state index in [9.17, 15) is 14.4 Å². The van der Waals surface area contributed by atoms with Gasteiger partial charge in [-0.1, -0.05) is 265 Å². The van der Waals surface area contributed by atoms with Gasteiger partial charge in [0.25, 0.3) is 0 Å². The van der Waals surface area contributed by atoms with Crippen molar-refractivity contribution in [2.24, 2.45) is 0 Å². The topological polar surface area (TPSA) is 78.9 Å². The van der Waals surface area contributed by atoms with Crippen LogP contribution in [0.4, 0.5) is 0 Å². The van der Waals surface area contributed by atoms with Gasteiger partial charge in [-0.2, -0.15) is 0 Å². The van der Waals surface area contributed by atoms with Gasteiger partial charge in [-0.3, -0.25) is 14.4 Å². The summed E-state index contributed by atoms with van der Waals surface area (Å²) in [7, 11) is 0. The number of ether oxygens (including phenoxy) is 3. The maximum atomic E-state index is 12.9. The van der Waals surface area contributed by atoms with Crippen molar-refractivity contribution in [1.29, 1.82) is 0 Å². The molecule has 73 heavy (non-hydrogen) atoms. The summed E-state index contributed by atoms with van der Waals surface area (Å²) in [6.45, 7) is 6.51. The minimum atomic E-state index is -0.832. The van der Waals surface area contributed by atoms with E-state index in [0.717, 1.165) is 89.9 Å². The van der Waals surface area contributed by atoms with Gasteiger partial charge in [-0.05, 0) is 103 Å². The lowest BCUT2D eigenvalue weighted by atomic mass is 10.0. The second kappa shape index (κ2) is 60.6. The highest BCUT2D eigenvalue weighted by Gasteiger charge is 2.19. The van der Waals surface area contributed by atoms with Crippen LogP contribution in [0.1, 0.15) is 278 Å². The zero-order valence-corrected chi connectivity index (χ0v) is 47.6. The van der Waals surface area contributed by atoms with Gasteiger partial charge in [0.1, 0.15) is 13.2 Å². The molecular formula is C67H112O6. The van der Waals surface area contributed by atoms with E-state index >= 15 is 0 Å². The first-order chi connectivity index (χ1) is 36.0. The fraction of sp³-hybridized carbons (Fsp3) is 0.687. The summed E-state index contributed by atoms with van der Waals surface area (Å²) in [5.74, 6) is -1.03. The number of allylic oxidation sites excluding steroid dienone is 18. The Balaban J connectivity index is 4.55. The second-order valence-electron chi connectivity index (χ2n) is 19.9. The normalized spacial score (nSPS) is 12.9. The average Bonchev–Trinajstić information content (AvgIpc) is 3.39. The number of rotatable bonds is 54. The van der Waals surface area contributed by atoms with Crippen molar-refractivity contribution < 1.29 is 28.6 Å². The standard InChI is InChI=1S/C67H112O6/c1-4-7-10-13-16-19-22-25-28-31-33-36-39-42-45-48-51-54-57-60-66(69)72-63-64(62-71-65(68)59-56-53-50-47-44-41-38-35-30-27-24-21-18-15-12-9-6-3)73-67(70)61-58-55-52-49-46-43-40-37-34-32-29-26-23-20-17-14-11-8-5-2/h16-17,19-20,25-26,28-29,33-34,36-37,42-43,45-46,52,55,64H,4-15,18,21-24,27,30-32,35,38-41,44,47-51,53-54,56-63H2,1-3H3/b19-16-,20-17-,28-25-,29-26-,36-33-,37-34-,45-42-,46-43-,55-52-/t64-/m0/s1. The summed E-state index contributed by atoms with van der Waals surface area (Å²) in [5.41, 5.74) is 0. The molecular weight excluding hydrogens is 901 g/mol. The molecule has 6 nitrogen and oxygen atoms in total. The fourth-order valence-corrected chi connectivity index (χ4v) is 8.17. The number of esters is 3. The highest BCUT2D eigenvalue weighted by Crippen LogP contribution is 2.15. The van der Waals surface area contributed by atoms with Gasteiger partial charge in [0.15, 0.2) is 6.10 Å². The first-order valence-corrected chi connectivity index (χ1v) is 30.4. The Labute approximate surface area is 450 Å². The molecule has 0 aliphatic carbocycles. The molecule has 0 amide bonds. The van der Waals surface area contributed by atoms with Crippen LogP contribution in [-0.2, 0) is 28.6 Å². The third-order valence-electron chi connectivity index (χ3n) is 12.8. The summed E-state index contributed by atoms with van der Waals surface area (Å²) in [6.07, 6.45) is 82.3. The number of unbranched alkanes of at least 4 members (excludes halogenated alkanes) is 25. The smallest absolute Gasteiger partial charge is 0.306 e. The molecule has 0 saturated heterocycles. The Morgan fingerprint density at radius 3 is 0.849 bits per heavy atom. The summed E-state index contributed by atoms with van der Waals surface area (Å²) >= 11 is 0. The summed E-state index contributed by atoms with van der Waals surface area (Å²) in [5, 5.41) is 0. The van der Waals surface area contributed by atoms with Gasteiger partial charge in [-0.15, -0.1) is 0 Å². The van der Waals surface area contributed by atoms with E-state index < -0.39 is 12.1 Å². The van der Waals surface area contributed by atoms with E-state index in [2.05, 4.69) is 124 Å². The van der Waals surface area contributed by atoms with E-state index in [4.69, 9.17) is 14.2 Å². The van der Waals surface area contributed by atoms with E-state index in [-0.39, 0.29) is 31.6 Å². The van der Waals surface area contributed by atoms with Gasteiger partial charge in [0.2, 0.25) is 0 Å². The lowest BCUT2D eigenvalue weighted by Crippen LogP contribution is -2.30. The maximum absolute atomic E-state index is 12.9. The summed E-state index contributed by atoms with van der Waals surface area (Å²) in [6, 6.07) is 0. The van der Waals surface area contributed by atoms with Crippen molar-refractivity contribution in [2.45, 2.75) is 284 Å². The number of carbonyl (C=O) groups is 3. The molecule has 0 aromatic rings. The molecule has 0 bridgehead atoms. The van der Waals surface area contributed by atoms with Gasteiger partial charge in [0, 0.05) is 19.3 Å². The first kappa shape index (κ1) is 69.1. The van der Waals surface area contributed by atoms with Crippen molar-refractivity contribution in [3.63, 3.8) is 0 Å². The lowest BCUT2D eigenvalue weighted by molar-refractivity contribution is -0.166. The van der Waals surface area contributed by atoms with E-state index in [0.29, 0.717) is 19.3 Å². The van der Waals surface area contributed by atoms with Gasteiger partial charge < -0.3 is 14.2 Å². The van der Waals surface area contributed by atoms with Crippen LogP contribution < -0.4 is 0 Å². The van der Waals surface area contributed by atoms with E-state index in [1.54, 1.807) is 0 Å². The number of carbonyl (C=O) groups excluding carboxylic acids is 3. The van der Waals surface area contributed by atoms with E-state index in [1.807, 2.05) is 6.08 Å². The molecule has 0 fully saturated rings. The molecule has 0 spiro atoms. The Morgan fingerprint density at radius 2 is 0.521 bits per heavy atom. The molecule has 0 N–H and O–H groups in total. The van der Waals surface area contributed by atoms with Crippen LogP contribution in [0.25, 0.3) is 0 Å². The van der Waals surface area contributed by atoms with Crippen LogP contribution >= 0.6 is 0 Å². The molecule has 0 aliphatic rings. The SMILES string of the molecule is CCCCC/C=C\C/C=C\C/C=C\C/C=C\C/C=C\CCC(=O)O[C@H](COC(=O)CCCCC/C=C\C/C=C\C/C=C\C/C=C\CCCCC)COC(=O)CCCCCCCCCCCCCCCCCCC. The van der Waals surface area contributed by atoms with Crippen molar-refractivity contribution in [3.8, 4) is 0 Å². The molecule has 0 unspecified atom stereocenters. The van der Waals surface area contributed by atoms with Crippen LogP contribution in [0.3, 0.4) is 0 Å². The van der Waals surface area contributed by atoms with E-state index in [1.165, 1.54) is 141 Å². The highest BCUT2D eigenvalue weighted by molar-refractivity contribution is 5.71. The molecule has 1 atom stereocenters. The Hall–Kier alpha value is -3.93. The Kier molecular flexibility index (Phi) is 57.4. The lowest BCUT2D eigenvalue weighted by Gasteiger charge is -2.18. The van der Waals surface area contributed by atoms with Crippen LogP contribution in [0.2, 0.25) is 0 Å². The third-order valence-corrected chi connectivity index (χ3v) is 12.8. The Morgan fingerprint density at radius 1 is 0.274 bits per heavy atom. The zero-order valence-electron chi connectivity index (χ0n) is 47.6. The average molecular weight is 1010 g/mol. The van der Waals surface area contributed by atoms with Crippen LogP contribution in [0.15, 0.2) is 109 Å². The molecule has 0 rings (SSSR count). The first-order valence-electron chi connectivity index (χ1n) is 30.4. The Bertz CT molecular complexity index is 1490. The minimum Gasteiger partial charge on any atom is -0.462 e. The largest absolute Gasteiger partial charge is 0.462 e. The van der Waals surface area contributed by atoms with Crippen LogP contribution in [0, 0.1) is 0 Å². The van der Waals surface area contributed by atoms with Gasteiger partial charge in [-0.25, -0.2) is 0 Å². The number of hydrogen-bond acceptors (Lipinski definition) is 6. The van der Waals surface area contributed by atoms with Crippen molar-refractivity contribution >= 4 is 17.9 Å². The number of hydrogen-bond donors (Lipinski definition) is 0. The summed E-state index contributed by atoms with van der Waals surface area (Å²) < 4.78 is 16.8.